The van der Waals surface area contributed by atoms with E-state index in [1.165, 1.54) is 40.8 Å². The maximum absolute atomic E-state index is 13.0. The smallest absolute Gasteiger partial charge is 1.00 e. The average molecular weight is 992 g/mol. The molecule has 7 rings (SSSR count). The summed E-state index contributed by atoms with van der Waals surface area (Å²) in [6.45, 7) is 16.2. The number of halogens is 2. The molecular formula is C46H58AlCl2LiN6O8S2. The maximum Gasteiger partial charge on any atom is 1.00 e. The van der Waals surface area contributed by atoms with Gasteiger partial charge in [0.1, 0.15) is 0 Å². The van der Waals surface area contributed by atoms with Crippen molar-refractivity contribution >= 4 is 78.0 Å². The van der Waals surface area contributed by atoms with Crippen LogP contribution >= 0.6 is 23.2 Å². The van der Waals surface area contributed by atoms with Gasteiger partial charge in [0.25, 0.3) is 20.0 Å². The van der Waals surface area contributed by atoms with Crippen LogP contribution in [0.2, 0.25) is 10.0 Å². The van der Waals surface area contributed by atoms with Crippen LogP contribution in [0.25, 0.3) is 11.4 Å². The molecule has 0 aliphatic carbocycles. The van der Waals surface area contributed by atoms with Gasteiger partial charge in [-0.25, -0.2) is 31.0 Å². The number of nitrogens with one attached hydrogen (secondary N) is 2. The van der Waals surface area contributed by atoms with Crippen molar-refractivity contribution in [1.82, 2.24) is 19.6 Å². The van der Waals surface area contributed by atoms with Crippen LogP contribution in [0.3, 0.4) is 0 Å². The molecule has 6 aromatic rings. The summed E-state index contributed by atoms with van der Waals surface area (Å²) in [7, 11) is -7.66. The summed E-state index contributed by atoms with van der Waals surface area (Å²) in [5, 5.41) is 18.4. The van der Waals surface area contributed by atoms with Crippen LogP contribution in [0.4, 0.5) is 11.4 Å². The monoisotopic (exact) mass is 990 g/mol. The number of carbonyl (C=O) groups is 1. The molecule has 20 heteroatoms. The Balaban J connectivity index is 0.000000400. The van der Waals surface area contributed by atoms with Crippen LogP contribution < -0.4 is 28.3 Å². The third kappa shape index (κ3) is 15.5. The Morgan fingerprint density at radius 3 is 1.52 bits per heavy atom. The van der Waals surface area contributed by atoms with E-state index in [1.54, 1.807) is 85.9 Å². The largest absolute Gasteiger partial charge is 1.00 e. The van der Waals surface area contributed by atoms with Gasteiger partial charge >= 0.3 is 24.8 Å². The van der Waals surface area contributed by atoms with Crippen molar-refractivity contribution in [3.63, 3.8) is 0 Å². The van der Waals surface area contributed by atoms with Gasteiger partial charge in [0.05, 0.1) is 63.7 Å². The van der Waals surface area contributed by atoms with Gasteiger partial charge in [-0.05, 0) is 102 Å². The maximum atomic E-state index is 13.0. The first-order valence-corrected chi connectivity index (χ1v) is 24.1. The number of hydrogen-bond donors (Lipinski definition) is 3. The number of sulfonamides is 2. The fraction of sp³-hybridized carbons (Fsp3) is 0.326. The molecule has 0 unspecified atom stereocenters. The summed E-state index contributed by atoms with van der Waals surface area (Å²) in [6, 6.07) is 23.0. The molecule has 14 nitrogen and oxygen atoms in total. The number of aliphatic hydroxyl groups excluding tert-OH is 1. The molecule has 0 atom stereocenters. The predicted octanol–water partition coefficient (Wildman–Crippen LogP) is 5.65. The second-order valence-corrected chi connectivity index (χ2v) is 21.0. The molecule has 2 aromatic heterocycles. The normalized spacial score (nSPS) is 12.6. The SMILES string of the molecule is C1CCOC1.CC(C)(C)c1ccc(S(=O)(=O)Nc2ccc(Cl)cc2-n2cc(CO)cn2)cc1.CCOC(=O)c1cnn(-c2cc(Cl)ccc2NS(=O)(=O)c2ccc(C(C)(C)C)cc2)c1.[AlH3].[H-].[Li+]. The van der Waals surface area contributed by atoms with E-state index < -0.39 is 26.0 Å². The van der Waals surface area contributed by atoms with Crippen LogP contribution in [-0.2, 0) is 47.0 Å². The van der Waals surface area contributed by atoms with Gasteiger partial charge in [-0.2, -0.15) is 10.2 Å². The molecule has 1 fully saturated rings. The summed E-state index contributed by atoms with van der Waals surface area (Å²) in [6.07, 6.45) is 8.48. The van der Waals surface area contributed by atoms with E-state index in [0.29, 0.717) is 32.7 Å². The third-order valence-electron chi connectivity index (χ3n) is 9.70. The predicted molar refractivity (Wildman–Crippen MR) is 262 cm³/mol. The van der Waals surface area contributed by atoms with Gasteiger partial charge in [0, 0.05) is 41.2 Å². The van der Waals surface area contributed by atoms with Crippen molar-refractivity contribution < 1.29 is 56.5 Å². The Kier molecular flexibility index (Phi) is 20.7. The van der Waals surface area contributed by atoms with Gasteiger partial charge in [-0.15, -0.1) is 0 Å². The number of anilines is 2. The van der Waals surface area contributed by atoms with Crippen molar-refractivity contribution in [3.05, 3.63) is 142 Å². The van der Waals surface area contributed by atoms with Crippen molar-refractivity contribution in [1.29, 1.82) is 0 Å². The number of aliphatic hydroxyl groups is 1. The van der Waals surface area contributed by atoms with Crippen molar-refractivity contribution in [2.75, 3.05) is 29.3 Å². The molecule has 4 aromatic carbocycles. The Hall–Kier alpha value is -4.10. The molecule has 0 saturated carbocycles. The van der Waals surface area contributed by atoms with Crippen LogP contribution in [0.1, 0.15) is 89.8 Å². The van der Waals surface area contributed by atoms with Gasteiger partial charge in [-0.3, -0.25) is 9.44 Å². The molecule has 0 bridgehead atoms. The summed E-state index contributed by atoms with van der Waals surface area (Å²) < 4.78 is 69.7. The van der Waals surface area contributed by atoms with E-state index in [4.69, 9.17) is 32.7 Å². The van der Waals surface area contributed by atoms with Crippen molar-refractivity contribution in [2.45, 2.75) is 88.5 Å². The molecule has 1 aliphatic rings. The zero-order valence-corrected chi connectivity index (χ0v) is 40.9. The van der Waals surface area contributed by atoms with Crippen molar-refractivity contribution in [3.8, 4) is 11.4 Å². The van der Waals surface area contributed by atoms with E-state index >= 15 is 0 Å². The number of carbonyl (C=O) groups excluding carboxylic acids is 1. The molecule has 1 saturated heterocycles. The molecule has 66 heavy (non-hydrogen) atoms. The summed E-state index contributed by atoms with van der Waals surface area (Å²) in [5.41, 5.74) is 4.20. The number of ether oxygens (including phenoxy) is 2. The topological polar surface area (TPSA) is 184 Å². The number of aromatic nitrogens is 4. The minimum absolute atomic E-state index is 0. The van der Waals surface area contributed by atoms with E-state index in [1.807, 2.05) is 12.1 Å². The number of rotatable bonds is 11. The Morgan fingerprint density at radius 1 is 0.727 bits per heavy atom. The zero-order chi connectivity index (χ0) is 46.9. The van der Waals surface area contributed by atoms with E-state index in [-0.39, 0.29) is 82.7 Å². The van der Waals surface area contributed by atoms with Crippen LogP contribution in [0.5, 0.6) is 0 Å². The average Bonchev–Trinajstić information content (AvgIpc) is 4.07. The molecule has 0 amide bonds. The first kappa shape index (κ1) is 56.2. The summed E-state index contributed by atoms with van der Waals surface area (Å²) >= 11 is 12.2. The van der Waals surface area contributed by atoms with E-state index in [0.717, 1.165) is 24.3 Å². The number of hydrogen-bond acceptors (Lipinski definition) is 10. The molecule has 350 valence electrons. The summed E-state index contributed by atoms with van der Waals surface area (Å²) in [4.78, 5) is 12.2. The van der Waals surface area contributed by atoms with Gasteiger partial charge in [-0.1, -0.05) is 89.0 Å². The number of benzene rings is 4. The molecule has 0 radical (unpaired) electrons. The third-order valence-corrected chi connectivity index (χ3v) is 12.9. The Labute approximate surface area is 422 Å². The van der Waals surface area contributed by atoms with Crippen LogP contribution in [0.15, 0.2) is 120 Å². The Morgan fingerprint density at radius 2 is 1.15 bits per heavy atom. The fourth-order valence-electron chi connectivity index (χ4n) is 6.10. The first-order valence-electron chi connectivity index (χ1n) is 20.4. The van der Waals surface area contributed by atoms with Crippen LogP contribution in [0, 0.1) is 0 Å². The quantitative estimate of drug-likeness (QED) is 0.108. The number of esters is 1. The molecule has 3 heterocycles. The van der Waals surface area contributed by atoms with Crippen LogP contribution in [-0.4, -0.2) is 84.7 Å². The van der Waals surface area contributed by atoms with Gasteiger partial charge in [0.15, 0.2) is 17.4 Å². The molecule has 1 aliphatic heterocycles. The molecule has 0 spiro atoms. The molecule has 3 N–H and O–H groups in total. The zero-order valence-electron chi connectivity index (χ0n) is 38.8. The first-order chi connectivity index (χ1) is 30.1. The number of nitrogens with zero attached hydrogens (tertiary/aromatic N) is 4. The van der Waals surface area contributed by atoms with Crippen molar-refractivity contribution in [2.24, 2.45) is 0 Å². The minimum atomic E-state index is -3.86. The van der Waals surface area contributed by atoms with E-state index in [2.05, 4.69) is 61.2 Å². The van der Waals surface area contributed by atoms with E-state index in [9.17, 15) is 26.7 Å². The second kappa shape index (κ2) is 24.3. The van der Waals surface area contributed by atoms with Gasteiger partial charge < -0.3 is 16.0 Å². The summed E-state index contributed by atoms with van der Waals surface area (Å²) in [5.74, 6) is -0.517. The van der Waals surface area contributed by atoms with Gasteiger partial charge in [0.2, 0.25) is 0 Å². The standard InChI is InChI=1S/C22H24ClN3O4S.C20H22ClN3O3S.C4H8O.Al.Li.4H/c1-5-30-21(27)15-13-24-26(14-15)20-12-17(23)8-11-19(20)25-31(28,29)18-9-6-16(7-10-18)22(2,3)4;1-20(2,3)15-4-7-17(8-5-15)28(26,27)23-18-9-6-16(21)10-19(18)24-12-14(13-25)11-22-24;1-2-4-5-3-1;;;;;;/h6-14,25H,5H2,1-4H3;4-12,23,25H,13H2,1-3H3;1-4H2;;;;;;/q;;;;+1;;;;-1. The fourth-order valence-corrected chi connectivity index (χ4v) is 8.58. The molecular weight excluding hydrogens is 934 g/mol. The Bertz CT molecular complexity index is 2750. The minimum Gasteiger partial charge on any atom is -1.00 e. The second-order valence-electron chi connectivity index (χ2n) is 16.7.